The molecule has 0 aliphatic rings. The summed E-state index contributed by atoms with van der Waals surface area (Å²) in [5, 5.41) is 17.8. The number of rotatable bonds is 6. The summed E-state index contributed by atoms with van der Waals surface area (Å²) in [6, 6.07) is 9.43. The van der Waals surface area contributed by atoms with Crippen LogP contribution in [0.3, 0.4) is 0 Å². The Kier molecular flexibility index (Phi) is 5.34. The van der Waals surface area contributed by atoms with Crippen molar-refractivity contribution in [1.29, 1.82) is 5.26 Å². The van der Waals surface area contributed by atoms with Crippen molar-refractivity contribution in [1.82, 2.24) is 0 Å². The first-order valence-electron chi connectivity index (χ1n) is 5.16. The van der Waals surface area contributed by atoms with Crippen molar-refractivity contribution in [3.8, 4) is 6.07 Å². The first kappa shape index (κ1) is 12.5. The van der Waals surface area contributed by atoms with E-state index < -0.39 is 0 Å². The van der Waals surface area contributed by atoms with E-state index >= 15 is 0 Å². The van der Waals surface area contributed by atoms with Crippen LogP contribution in [-0.4, -0.2) is 38.5 Å². The van der Waals surface area contributed by atoms with Gasteiger partial charge in [-0.3, -0.25) is 0 Å². The van der Waals surface area contributed by atoms with Gasteiger partial charge < -0.3 is 14.7 Å². The summed E-state index contributed by atoms with van der Waals surface area (Å²) < 4.78 is 5.01. The molecule has 0 unspecified atom stereocenters. The first-order valence-corrected chi connectivity index (χ1v) is 5.16. The molecular formula is C12H16N2O2. The first-order chi connectivity index (χ1) is 7.81. The van der Waals surface area contributed by atoms with Crippen molar-refractivity contribution in [3.63, 3.8) is 0 Å². The highest BCUT2D eigenvalue weighted by atomic mass is 16.5. The number of methoxy groups -OCH3 is 1. The molecule has 0 bridgehead atoms. The smallest absolute Gasteiger partial charge is 0.0992 e. The van der Waals surface area contributed by atoms with E-state index in [2.05, 4.69) is 6.07 Å². The minimum atomic E-state index is 0.0838. The Balaban J connectivity index is 2.79. The molecule has 0 spiro atoms. The zero-order valence-electron chi connectivity index (χ0n) is 9.39. The second kappa shape index (κ2) is 6.83. The molecule has 4 nitrogen and oxygen atoms in total. The fourth-order valence-electron chi connectivity index (χ4n) is 1.46. The topological polar surface area (TPSA) is 56.5 Å². The second-order valence-corrected chi connectivity index (χ2v) is 3.37. The van der Waals surface area contributed by atoms with Gasteiger partial charge in [-0.1, -0.05) is 6.07 Å². The number of ether oxygens (including phenoxy) is 1. The number of anilines is 1. The van der Waals surface area contributed by atoms with Crippen LogP contribution in [0.15, 0.2) is 24.3 Å². The molecule has 0 saturated heterocycles. The molecule has 0 amide bonds. The summed E-state index contributed by atoms with van der Waals surface area (Å²) in [7, 11) is 1.64. The predicted molar refractivity (Wildman–Crippen MR) is 62.3 cm³/mol. The lowest BCUT2D eigenvalue weighted by atomic mass is 10.2. The summed E-state index contributed by atoms with van der Waals surface area (Å²) in [6.07, 6.45) is 0. The molecule has 1 rings (SSSR count). The van der Waals surface area contributed by atoms with Gasteiger partial charge in [-0.15, -0.1) is 0 Å². The van der Waals surface area contributed by atoms with E-state index in [1.54, 1.807) is 13.2 Å². The SMILES string of the molecule is COCCN(CCO)c1cccc(C#N)c1. The van der Waals surface area contributed by atoms with Crippen LogP contribution in [0.4, 0.5) is 5.69 Å². The van der Waals surface area contributed by atoms with Gasteiger partial charge in [0.2, 0.25) is 0 Å². The third kappa shape index (κ3) is 3.54. The molecule has 0 heterocycles. The molecule has 1 aromatic carbocycles. The number of hydrogen-bond donors (Lipinski definition) is 1. The monoisotopic (exact) mass is 220 g/mol. The van der Waals surface area contributed by atoms with Crippen molar-refractivity contribution in [2.45, 2.75) is 0 Å². The maximum atomic E-state index is 8.98. The van der Waals surface area contributed by atoms with E-state index in [-0.39, 0.29) is 6.61 Å². The highest BCUT2D eigenvalue weighted by molar-refractivity contribution is 5.51. The van der Waals surface area contributed by atoms with E-state index in [9.17, 15) is 0 Å². The molecule has 0 radical (unpaired) electrons. The molecule has 16 heavy (non-hydrogen) atoms. The number of hydrogen-bond acceptors (Lipinski definition) is 4. The van der Waals surface area contributed by atoms with Gasteiger partial charge >= 0.3 is 0 Å². The number of aliphatic hydroxyl groups is 1. The lowest BCUT2D eigenvalue weighted by Gasteiger charge is -2.23. The molecule has 0 aromatic heterocycles. The van der Waals surface area contributed by atoms with Gasteiger partial charge in [0.15, 0.2) is 0 Å². The van der Waals surface area contributed by atoms with Crippen LogP contribution in [0.2, 0.25) is 0 Å². The third-order valence-corrected chi connectivity index (χ3v) is 2.28. The molecule has 0 saturated carbocycles. The molecule has 0 aliphatic heterocycles. The van der Waals surface area contributed by atoms with Crippen LogP contribution in [0.1, 0.15) is 5.56 Å². The van der Waals surface area contributed by atoms with Crippen molar-refractivity contribution in [2.75, 3.05) is 38.3 Å². The van der Waals surface area contributed by atoms with Gasteiger partial charge in [-0.2, -0.15) is 5.26 Å². The average molecular weight is 220 g/mol. The molecule has 86 valence electrons. The average Bonchev–Trinajstić information content (AvgIpc) is 2.34. The van der Waals surface area contributed by atoms with Gasteiger partial charge in [0.05, 0.1) is 24.8 Å². The zero-order chi connectivity index (χ0) is 11.8. The fourth-order valence-corrected chi connectivity index (χ4v) is 1.46. The lowest BCUT2D eigenvalue weighted by molar-refractivity contribution is 0.203. The van der Waals surface area contributed by atoms with Gasteiger partial charge in [0, 0.05) is 25.9 Å². The standard InChI is InChI=1S/C12H16N2O2/c1-16-8-6-14(5-7-15)12-4-2-3-11(9-12)10-13/h2-4,9,15H,5-8H2,1H3. The minimum Gasteiger partial charge on any atom is -0.395 e. The summed E-state index contributed by atoms with van der Waals surface area (Å²) in [5.74, 6) is 0. The van der Waals surface area contributed by atoms with Gasteiger partial charge in [-0.25, -0.2) is 0 Å². The second-order valence-electron chi connectivity index (χ2n) is 3.37. The molecule has 0 atom stereocenters. The highest BCUT2D eigenvalue weighted by Gasteiger charge is 2.05. The predicted octanol–water partition coefficient (Wildman–Crippen LogP) is 1.00. The van der Waals surface area contributed by atoms with Gasteiger partial charge in [-0.05, 0) is 18.2 Å². The van der Waals surface area contributed by atoms with Gasteiger partial charge in [0.25, 0.3) is 0 Å². The van der Waals surface area contributed by atoms with Crippen LogP contribution in [0.25, 0.3) is 0 Å². The lowest BCUT2D eigenvalue weighted by Crippen LogP contribution is -2.30. The summed E-state index contributed by atoms with van der Waals surface area (Å²) >= 11 is 0. The summed E-state index contributed by atoms with van der Waals surface area (Å²) in [5.41, 5.74) is 1.56. The quantitative estimate of drug-likeness (QED) is 0.777. The van der Waals surface area contributed by atoms with Crippen LogP contribution in [-0.2, 0) is 4.74 Å². The molecule has 1 aromatic rings. The van der Waals surface area contributed by atoms with Crippen molar-refractivity contribution >= 4 is 5.69 Å². The normalized spacial score (nSPS) is 9.81. The Morgan fingerprint density at radius 3 is 2.88 bits per heavy atom. The third-order valence-electron chi connectivity index (χ3n) is 2.28. The Hall–Kier alpha value is -1.57. The fraction of sp³-hybridized carbons (Fsp3) is 0.417. The van der Waals surface area contributed by atoms with Gasteiger partial charge in [0.1, 0.15) is 0 Å². The van der Waals surface area contributed by atoms with E-state index in [1.807, 2.05) is 23.1 Å². The van der Waals surface area contributed by atoms with Crippen LogP contribution in [0, 0.1) is 11.3 Å². The number of nitriles is 1. The summed E-state index contributed by atoms with van der Waals surface area (Å²) in [6.45, 7) is 1.92. The highest BCUT2D eigenvalue weighted by Crippen LogP contribution is 2.15. The van der Waals surface area contributed by atoms with Crippen LogP contribution >= 0.6 is 0 Å². The maximum absolute atomic E-state index is 8.98. The molecule has 1 N–H and O–H groups in total. The largest absolute Gasteiger partial charge is 0.395 e. The number of nitrogens with zero attached hydrogens (tertiary/aromatic N) is 2. The van der Waals surface area contributed by atoms with E-state index in [0.717, 1.165) is 5.69 Å². The Morgan fingerprint density at radius 2 is 2.25 bits per heavy atom. The minimum absolute atomic E-state index is 0.0838. The molecule has 0 fully saturated rings. The molecule has 0 aliphatic carbocycles. The number of benzene rings is 1. The van der Waals surface area contributed by atoms with Crippen molar-refractivity contribution in [3.05, 3.63) is 29.8 Å². The van der Waals surface area contributed by atoms with Crippen LogP contribution < -0.4 is 4.90 Å². The van der Waals surface area contributed by atoms with Crippen molar-refractivity contribution < 1.29 is 9.84 Å². The number of aliphatic hydroxyl groups excluding tert-OH is 1. The molecular weight excluding hydrogens is 204 g/mol. The van der Waals surface area contributed by atoms with Crippen molar-refractivity contribution in [2.24, 2.45) is 0 Å². The van der Waals surface area contributed by atoms with Crippen LogP contribution in [0.5, 0.6) is 0 Å². The maximum Gasteiger partial charge on any atom is 0.0992 e. The zero-order valence-corrected chi connectivity index (χ0v) is 9.39. The van der Waals surface area contributed by atoms with E-state index in [0.29, 0.717) is 25.3 Å². The summed E-state index contributed by atoms with van der Waals surface area (Å²) in [4.78, 5) is 1.99. The van der Waals surface area contributed by atoms with E-state index in [1.165, 1.54) is 0 Å². The van der Waals surface area contributed by atoms with E-state index in [4.69, 9.17) is 15.1 Å². The Bertz CT molecular complexity index is 360. The Morgan fingerprint density at radius 1 is 1.44 bits per heavy atom. The molecule has 4 heteroatoms. The Labute approximate surface area is 95.7 Å².